The minimum Gasteiger partial charge on any atom is -0.497 e. The summed E-state index contributed by atoms with van der Waals surface area (Å²) in [7, 11) is 3.19. The van der Waals surface area contributed by atoms with Crippen molar-refractivity contribution in [1.29, 1.82) is 0 Å². The Hall–Kier alpha value is -2.83. The van der Waals surface area contributed by atoms with Gasteiger partial charge in [0.2, 0.25) is 0 Å². The van der Waals surface area contributed by atoms with E-state index in [1.54, 1.807) is 25.2 Å². The molecule has 4 nitrogen and oxygen atoms in total. The van der Waals surface area contributed by atoms with Crippen LogP contribution in [-0.2, 0) is 4.79 Å². The molecular weight excluding hydrogens is 390 g/mol. The topological polar surface area (TPSA) is 38.8 Å². The van der Waals surface area contributed by atoms with Gasteiger partial charge in [0.15, 0.2) is 4.32 Å². The molecule has 0 unspecified atom stereocenters. The summed E-state index contributed by atoms with van der Waals surface area (Å²) >= 11 is 6.83. The summed E-state index contributed by atoms with van der Waals surface area (Å²) in [6.07, 6.45) is 1.81. The van der Waals surface area contributed by atoms with E-state index in [1.165, 1.54) is 11.8 Å². The number of nitrogens with zero attached hydrogens (tertiary/aromatic N) is 1. The summed E-state index contributed by atoms with van der Waals surface area (Å²) in [5.41, 5.74) is 1.61. The first-order valence-electron chi connectivity index (χ1n) is 8.59. The molecule has 1 aliphatic rings. The standard InChI is InChI=1S/C22H17NO3S2/c1-25-16-10-14(11-17(13-16)26-2)12-20-21(24)23(22(27)28-20)19-9-5-7-15-6-3-4-8-18(15)19/h3-13H,1-2H3/b20-12-. The van der Waals surface area contributed by atoms with E-state index in [9.17, 15) is 4.79 Å². The number of amides is 1. The number of carbonyl (C=O) groups excluding carboxylic acids is 1. The number of rotatable bonds is 4. The molecule has 0 spiro atoms. The smallest absolute Gasteiger partial charge is 0.270 e. The van der Waals surface area contributed by atoms with Crippen molar-refractivity contribution in [3.63, 3.8) is 0 Å². The lowest BCUT2D eigenvalue weighted by atomic mass is 10.1. The van der Waals surface area contributed by atoms with Crippen molar-refractivity contribution in [2.45, 2.75) is 0 Å². The lowest BCUT2D eigenvalue weighted by Gasteiger charge is -2.17. The van der Waals surface area contributed by atoms with Crippen LogP contribution in [0, 0.1) is 0 Å². The zero-order valence-electron chi connectivity index (χ0n) is 15.3. The molecular formula is C22H17NO3S2. The fourth-order valence-electron chi connectivity index (χ4n) is 3.14. The highest BCUT2D eigenvalue weighted by atomic mass is 32.2. The maximum atomic E-state index is 13.2. The Balaban J connectivity index is 1.74. The van der Waals surface area contributed by atoms with Gasteiger partial charge in [-0.15, -0.1) is 0 Å². The summed E-state index contributed by atoms with van der Waals surface area (Å²) in [5.74, 6) is 1.19. The average molecular weight is 408 g/mol. The van der Waals surface area contributed by atoms with E-state index in [2.05, 4.69) is 0 Å². The molecule has 0 atom stereocenters. The number of hydrogen-bond acceptors (Lipinski definition) is 5. The van der Waals surface area contributed by atoms with Crippen LogP contribution in [0.4, 0.5) is 5.69 Å². The number of methoxy groups -OCH3 is 2. The SMILES string of the molecule is COc1cc(/C=C2\SC(=S)N(c3cccc4ccccc34)C2=O)cc(OC)c1. The fraction of sp³-hybridized carbons (Fsp3) is 0.0909. The summed E-state index contributed by atoms with van der Waals surface area (Å²) in [6.45, 7) is 0. The van der Waals surface area contributed by atoms with Crippen molar-refractivity contribution in [3.8, 4) is 11.5 Å². The number of benzene rings is 3. The first-order chi connectivity index (χ1) is 13.6. The van der Waals surface area contributed by atoms with E-state index in [0.717, 1.165) is 22.0 Å². The molecule has 1 aliphatic heterocycles. The number of carbonyl (C=O) groups is 1. The summed E-state index contributed by atoms with van der Waals surface area (Å²) in [4.78, 5) is 15.3. The van der Waals surface area contributed by atoms with Crippen LogP contribution in [0.25, 0.3) is 16.8 Å². The van der Waals surface area contributed by atoms with Gasteiger partial charge in [-0.1, -0.05) is 60.4 Å². The molecule has 6 heteroatoms. The van der Waals surface area contributed by atoms with Gasteiger partial charge in [0.05, 0.1) is 24.8 Å². The van der Waals surface area contributed by atoms with Crippen LogP contribution in [0.15, 0.2) is 65.6 Å². The van der Waals surface area contributed by atoms with Crippen molar-refractivity contribution in [2.24, 2.45) is 0 Å². The zero-order valence-corrected chi connectivity index (χ0v) is 17.0. The van der Waals surface area contributed by atoms with Gasteiger partial charge in [-0.3, -0.25) is 9.69 Å². The Kier molecular flexibility index (Phi) is 5.07. The third-order valence-electron chi connectivity index (χ3n) is 4.47. The van der Waals surface area contributed by atoms with E-state index >= 15 is 0 Å². The number of ether oxygens (including phenoxy) is 2. The average Bonchev–Trinajstić information content (AvgIpc) is 3.00. The van der Waals surface area contributed by atoms with Crippen LogP contribution in [0.1, 0.15) is 5.56 Å². The predicted molar refractivity (Wildman–Crippen MR) is 119 cm³/mol. The van der Waals surface area contributed by atoms with Gasteiger partial charge >= 0.3 is 0 Å². The van der Waals surface area contributed by atoms with E-state index in [1.807, 2.05) is 60.7 Å². The third kappa shape index (κ3) is 3.37. The van der Waals surface area contributed by atoms with Crippen LogP contribution < -0.4 is 14.4 Å². The second kappa shape index (κ2) is 7.66. The highest BCUT2D eigenvalue weighted by molar-refractivity contribution is 8.27. The minimum absolute atomic E-state index is 0.131. The Morgan fingerprint density at radius 3 is 2.36 bits per heavy atom. The molecule has 0 aromatic heterocycles. The largest absolute Gasteiger partial charge is 0.497 e. The van der Waals surface area contributed by atoms with E-state index in [4.69, 9.17) is 21.7 Å². The van der Waals surface area contributed by atoms with E-state index in [-0.39, 0.29) is 5.91 Å². The van der Waals surface area contributed by atoms with Crippen molar-refractivity contribution in [2.75, 3.05) is 19.1 Å². The molecule has 1 fully saturated rings. The van der Waals surface area contributed by atoms with Crippen LogP contribution in [-0.4, -0.2) is 24.4 Å². The molecule has 1 amide bonds. The molecule has 3 aromatic rings. The first kappa shape index (κ1) is 18.5. The molecule has 3 aromatic carbocycles. The Labute approximate surface area is 172 Å². The number of fused-ring (bicyclic) bond motifs is 1. The molecule has 0 radical (unpaired) electrons. The van der Waals surface area contributed by atoms with Gasteiger partial charge in [0.1, 0.15) is 11.5 Å². The van der Waals surface area contributed by atoms with Gasteiger partial charge < -0.3 is 9.47 Å². The summed E-state index contributed by atoms with van der Waals surface area (Å²) in [6, 6.07) is 19.3. The molecule has 1 heterocycles. The third-order valence-corrected chi connectivity index (χ3v) is 5.77. The fourth-order valence-corrected chi connectivity index (χ4v) is 4.43. The first-order valence-corrected chi connectivity index (χ1v) is 9.82. The number of hydrogen-bond donors (Lipinski definition) is 0. The van der Waals surface area contributed by atoms with Crippen molar-refractivity contribution in [1.82, 2.24) is 0 Å². The quantitative estimate of drug-likeness (QED) is 0.436. The Bertz CT molecular complexity index is 1100. The van der Waals surface area contributed by atoms with Gasteiger partial charge in [0, 0.05) is 11.5 Å². The van der Waals surface area contributed by atoms with Gasteiger partial charge in [0.25, 0.3) is 5.91 Å². The highest BCUT2D eigenvalue weighted by Gasteiger charge is 2.34. The van der Waals surface area contributed by atoms with E-state index < -0.39 is 0 Å². The molecule has 4 rings (SSSR count). The Morgan fingerprint density at radius 2 is 1.64 bits per heavy atom. The lowest BCUT2D eigenvalue weighted by molar-refractivity contribution is -0.113. The molecule has 1 saturated heterocycles. The molecule has 0 saturated carbocycles. The van der Waals surface area contributed by atoms with Crippen LogP contribution in [0.2, 0.25) is 0 Å². The van der Waals surface area contributed by atoms with Gasteiger partial charge in [-0.2, -0.15) is 0 Å². The van der Waals surface area contributed by atoms with Crippen LogP contribution in [0.5, 0.6) is 11.5 Å². The van der Waals surface area contributed by atoms with Crippen LogP contribution >= 0.6 is 24.0 Å². The molecule has 0 bridgehead atoms. The predicted octanol–water partition coefficient (Wildman–Crippen LogP) is 5.26. The number of thiocarbonyl (C=S) groups is 1. The maximum absolute atomic E-state index is 13.2. The monoisotopic (exact) mass is 407 g/mol. The Morgan fingerprint density at radius 1 is 0.964 bits per heavy atom. The van der Waals surface area contributed by atoms with Gasteiger partial charge in [-0.25, -0.2) is 0 Å². The second-order valence-electron chi connectivity index (χ2n) is 6.16. The summed E-state index contributed by atoms with van der Waals surface area (Å²) in [5, 5.41) is 2.06. The maximum Gasteiger partial charge on any atom is 0.270 e. The zero-order chi connectivity index (χ0) is 19.7. The molecule has 0 N–H and O–H groups in total. The normalized spacial score (nSPS) is 15.5. The van der Waals surface area contributed by atoms with Crippen LogP contribution in [0.3, 0.4) is 0 Å². The second-order valence-corrected chi connectivity index (χ2v) is 7.84. The van der Waals surface area contributed by atoms with Gasteiger partial charge in [-0.05, 0) is 35.2 Å². The number of thioether (sulfide) groups is 1. The van der Waals surface area contributed by atoms with E-state index in [0.29, 0.717) is 20.7 Å². The highest BCUT2D eigenvalue weighted by Crippen LogP contribution is 2.39. The molecule has 0 aliphatic carbocycles. The molecule has 140 valence electrons. The van der Waals surface area contributed by atoms with Crippen molar-refractivity contribution in [3.05, 3.63) is 71.1 Å². The van der Waals surface area contributed by atoms with Crippen molar-refractivity contribution < 1.29 is 14.3 Å². The number of anilines is 1. The lowest BCUT2D eigenvalue weighted by Crippen LogP contribution is -2.27. The molecule has 28 heavy (non-hydrogen) atoms. The summed E-state index contributed by atoms with van der Waals surface area (Å²) < 4.78 is 11.1. The minimum atomic E-state index is -0.131. The van der Waals surface area contributed by atoms with Crippen molar-refractivity contribution >= 4 is 56.7 Å².